The third-order valence-corrected chi connectivity index (χ3v) is 2.44. The van der Waals surface area contributed by atoms with Crippen LogP contribution in [0.1, 0.15) is 5.56 Å². The standard InChI is InChI=1S/C9H3ClF9N/c10-5-3-4(1-2-20-5)6(11,12)7(13,14)8(15,16)9(17,18)19/h1-3H. The van der Waals surface area contributed by atoms with Crippen molar-refractivity contribution in [3.63, 3.8) is 0 Å². The van der Waals surface area contributed by atoms with Crippen LogP contribution < -0.4 is 0 Å². The minimum Gasteiger partial charge on any atom is -0.245 e. The fourth-order valence-corrected chi connectivity index (χ4v) is 1.33. The van der Waals surface area contributed by atoms with Crippen LogP contribution in [0.15, 0.2) is 18.3 Å². The summed E-state index contributed by atoms with van der Waals surface area (Å²) in [5.74, 6) is -19.4. The van der Waals surface area contributed by atoms with Crippen molar-refractivity contribution in [3.05, 3.63) is 29.0 Å². The summed E-state index contributed by atoms with van der Waals surface area (Å²) >= 11 is 5.11. The number of pyridine rings is 1. The Morgan fingerprint density at radius 1 is 0.850 bits per heavy atom. The predicted octanol–water partition coefficient (Wildman–Crippen LogP) is 4.66. The molecule has 0 fully saturated rings. The molecule has 0 bridgehead atoms. The van der Waals surface area contributed by atoms with Gasteiger partial charge in [-0.05, 0) is 12.1 Å². The minimum atomic E-state index is -6.93. The highest BCUT2D eigenvalue weighted by molar-refractivity contribution is 6.29. The normalized spacial score (nSPS) is 14.5. The van der Waals surface area contributed by atoms with E-state index in [1.807, 2.05) is 0 Å². The van der Waals surface area contributed by atoms with Crippen molar-refractivity contribution in [1.29, 1.82) is 0 Å². The molecular formula is C9H3ClF9N. The van der Waals surface area contributed by atoms with Gasteiger partial charge in [0.2, 0.25) is 0 Å². The molecule has 0 saturated heterocycles. The van der Waals surface area contributed by atoms with E-state index in [9.17, 15) is 39.5 Å². The number of alkyl halides is 9. The second-order valence-electron chi connectivity index (χ2n) is 3.59. The summed E-state index contributed by atoms with van der Waals surface area (Å²) in [7, 11) is 0. The zero-order valence-electron chi connectivity index (χ0n) is 8.96. The third-order valence-electron chi connectivity index (χ3n) is 2.23. The van der Waals surface area contributed by atoms with E-state index in [-0.39, 0.29) is 12.1 Å². The van der Waals surface area contributed by atoms with Gasteiger partial charge in [-0.15, -0.1) is 0 Å². The lowest BCUT2D eigenvalue weighted by atomic mass is 9.98. The van der Waals surface area contributed by atoms with Crippen molar-refractivity contribution in [2.75, 3.05) is 0 Å². The van der Waals surface area contributed by atoms with E-state index in [4.69, 9.17) is 11.6 Å². The second kappa shape index (κ2) is 4.68. The van der Waals surface area contributed by atoms with Gasteiger partial charge in [-0.3, -0.25) is 0 Å². The van der Waals surface area contributed by atoms with Crippen molar-refractivity contribution in [2.24, 2.45) is 0 Å². The molecule has 0 unspecified atom stereocenters. The molecule has 1 nitrogen and oxygen atoms in total. The first-order valence-electron chi connectivity index (χ1n) is 4.57. The van der Waals surface area contributed by atoms with Gasteiger partial charge in [0.05, 0.1) is 0 Å². The number of halogens is 10. The maximum absolute atomic E-state index is 13.3. The minimum absolute atomic E-state index is 0.0713. The quantitative estimate of drug-likeness (QED) is 0.580. The summed E-state index contributed by atoms with van der Waals surface area (Å²) in [6.07, 6.45) is -6.38. The molecule has 1 heterocycles. The van der Waals surface area contributed by atoms with E-state index in [0.717, 1.165) is 0 Å². The molecule has 0 aliphatic carbocycles. The van der Waals surface area contributed by atoms with E-state index in [0.29, 0.717) is 6.20 Å². The highest BCUT2D eigenvalue weighted by Crippen LogP contribution is 2.56. The molecule has 1 aromatic heterocycles. The van der Waals surface area contributed by atoms with Gasteiger partial charge in [0.15, 0.2) is 0 Å². The number of hydrogen-bond acceptors (Lipinski definition) is 1. The van der Waals surface area contributed by atoms with Gasteiger partial charge in [0.25, 0.3) is 0 Å². The van der Waals surface area contributed by atoms with Crippen LogP contribution in [0.4, 0.5) is 39.5 Å². The summed E-state index contributed by atoms with van der Waals surface area (Å²) in [5, 5.41) is -0.770. The van der Waals surface area contributed by atoms with Gasteiger partial charge in [-0.2, -0.15) is 39.5 Å². The van der Waals surface area contributed by atoms with Crippen molar-refractivity contribution < 1.29 is 39.5 Å². The summed E-state index contributed by atoms with van der Waals surface area (Å²) in [4.78, 5) is 3.12. The van der Waals surface area contributed by atoms with Crippen LogP contribution in [0.2, 0.25) is 5.15 Å². The molecule has 1 rings (SSSR count). The lowest BCUT2D eigenvalue weighted by Crippen LogP contribution is -2.59. The van der Waals surface area contributed by atoms with Crippen LogP contribution in [0, 0.1) is 0 Å². The average Bonchev–Trinajstić information content (AvgIpc) is 2.26. The van der Waals surface area contributed by atoms with E-state index in [1.54, 1.807) is 0 Å². The summed E-state index contributed by atoms with van der Waals surface area (Å²) < 4.78 is 113. The number of hydrogen-bond donors (Lipinski definition) is 0. The maximum atomic E-state index is 13.3. The highest BCUT2D eigenvalue weighted by Gasteiger charge is 2.82. The molecule has 0 aliphatic rings. The van der Waals surface area contributed by atoms with E-state index in [2.05, 4.69) is 4.98 Å². The largest absolute Gasteiger partial charge is 0.460 e. The van der Waals surface area contributed by atoms with Crippen molar-refractivity contribution in [1.82, 2.24) is 4.98 Å². The summed E-state index contributed by atoms with van der Waals surface area (Å²) in [5.41, 5.74) is -1.81. The smallest absolute Gasteiger partial charge is 0.245 e. The van der Waals surface area contributed by atoms with Crippen molar-refractivity contribution in [2.45, 2.75) is 23.9 Å². The van der Waals surface area contributed by atoms with Crippen molar-refractivity contribution >= 4 is 11.6 Å². The molecule has 114 valence electrons. The van der Waals surface area contributed by atoms with Gasteiger partial charge in [0.1, 0.15) is 5.15 Å². The van der Waals surface area contributed by atoms with Gasteiger partial charge in [-0.25, -0.2) is 4.98 Å². The molecule has 0 radical (unpaired) electrons. The van der Waals surface area contributed by atoms with Crippen LogP contribution in [-0.2, 0) is 5.92 Å². The van der Waals surface area contributed by atoms with Gasteiger partial charge in [-0.1, -0.05) is 11.6 Å². The summed E-state index contributed by atoms with van der Waals surface area (Å²) in [6, 6.07) is 0.230. The Hall–Kier alpha value is -1.19. The Morgan fingerprint density at radius 3 is 1.75 bits per heavy atom. The Labute approximate surface area is 110 Å². The topological polar surface area (TPSA) is 12.9 Å². The van der Waals surface area contributed by atoms with Crippen LogP contribution in [-0.4, -0.2) is 23.0 Å². The first-order chi connectivity index (χ1) is 8.75. The summed E-state index contributed by atoms with van der Waals surface area (Å²) in [6.45, 7) is 0. The first-order valence-corrected chi connectivity index (χ1v) is 4.95. The van der Waals surface area contributed by atoms with Crippen LogP contribution in [0.5, 0.6) is 0 Å². The monoisotopic (exact) mass is 331 g/mol. The number of aromatic nitrogens is 1. The van der Waals surface area contributed by atoms with Crippen LogP contribution in [0.25, 0.3) is 0 Å². The molecule has 0 N–H and O–H groups in total. The zero-order chi connectivity index (χ0) is 16.0. The Morgan fingerprint density at radius 2 is 1.35 bits per heavy atom. The second-order valence-corrected chi connectivity index (χ2v) is 3.98. The molecule has 0 amide bonds. The molecule has 0 spiro atoms. The molecule has 0 saturated carbocycles. The predicted molar refractivity (Wildman–Crippen MR) is 49.1 cm³/mol. The Kier molecular flexibility index (Phi) is 3.94. The fraction of sp³-hybridized carbons (Fsp3) is 0.444. The lowest BCUT2D eigenvalue weighted by molar-refractivity contribution is -0.399. The van der Waals surface area contributed by atoms with Crippen molar-refractivity contribution in [3.8, 4) is 0 Å². The van der Waals surface area contributed by atoms with E-state index < -0.39 is 34.7 Å². The Balaban J connectivity index is 3.39. The number of nitrogens with zero attached hydrogens (tertiary/aromatic N) is 1. The molecule has 0 aromatic carbocycles. The van der Waals surface area contributed by atoms with Crippen LogP contribution in [0.3, 0.4) is 0 Å². The fourth-order valence-electron chi connectivity index (χ4n) is 1.15. The van der Waals surface area contributed by atoms with E-state index in [1.165, 1.54) is 0 Å². The molecule has 0 aliphatic heterocycles. The average molecular weight is 332 g/mol. The Bertz CT molecular complexity index is 496. The van der Waals surface area contributed by atoms with Gasteiger partial charge < -0.3 is 0 Å². The molecule has 20 heavy (non-hydrogen) atoms. The number of rotatable bonds is 3. The lowest BCUT2D eigenvalue weighted by Gasteiger charge is -2.33. The van der Waals surface area contributed by atoms with Gasteiger partial charge >= 0.3 is 23.9 Å². The molecule has 1 aromatic rings. The maximum Gasteiger partial charge on any atom is 0.460 e. The zero-order valence-corrected chi connectivity index (χ0v) is 9.71. The van der Waals surface area contributed by atoms with Crippen LogP contribution >= 0.6 is 11.6 Å². The highest BCUT2D eigenvalue weighted by atomic mass is 35.5. The molecular weight excluding hydrogens is 329 g/mol. The molecule has 0 atom stereocenters. The third kappa shape index (κ3) is 2.40. The first kappa shape index (κ1) is 16.9. The van der Waals surface area contributed by atoms with Gasteiger partial charge in [0, 0.05) is 11.8 Å². The molecule has 11 heteroatoms. The van der Waals surface area contributed by atoms with E-state index >= 15 is 0 Å². The SMILES string of the molecule is FC(F)(F)C(F)(F)C(F)(F)C(F)(F)c1ccnc(Cl)c1.